The Balaban J connectivity index is 1.80. The molecule has 138 valence electrons. The molecule has 0 aliphatic carbocycles. The van der Waals surface area contributed by atoms with Gasteiger partial charge in [0.05, 0.1) is 0 Å². The summed E-state index contributed by atoms with van der Waals surface area (Å²) >= 11 is 11.8. The van der Waals surface area contributed by atoms with Gasteiger partial charge in [0.25, 0.3) is 0 Å². The van der Waals surface area contributed by atoms with Crippen molar-refractivity contribution in [2.24, 2.45) is 0 Å². The monoisotopic (exact) mass is 394 g/mol. The molecule has 2 aromatic rings. The summed E-state index contributed by atoms with van der Waals surface area (Å²) in [6.07, 6.45) is 0. The zero-order chi connectivity index (χ0) is 19.1. The first-order valence-corrected chi connectivity index (χ1v) is 8.66. The highest BCUT2D eigenvalue weighted by atomic mass is 35.5. The molecular formula is C18H20Cl2N4O2. The van der Waals surface area contributed by atoms with Crippen LogP contribution in [-0.2, 0) is 0 Å². The van der Waals surface area contributed by atoms with Crippen LogP contribution in [0.2, 0.25) is 10.0 Å². The molecule has 4 amide bonds. The van der Waals surface area contributed by atoms with Crippen molar-refractivity contribution in [3.63, 3.8) is 0 Å². The maximum absolute atomic E-state index is 12.2. The minimum Gasteiger partial charge on any atom is -0.326 e. The molecule has 0 aliphatic heterocycles. The van der Waals surface area contributed by atoms with Gasteiger partial charge in [-0.25, -0.2) is 9.59 Å². The number of carbonyl (C=O) groups excluding carboxylic acids is 2. The Bertz CT molecular complexity index is 720. The predicted octanol–water partition coefficient (Wildman–Crippen LogP) is 4.62. The summed E-state index contributed by atoms with van der Waals surface area (Å²) < 4.78 is 0. The van der Waals surface area contributed by atoms with E-state index in [1.54, 1.807) is 62.6 Å². The lowest BCUT2D eigenvalue weighted by Crippen LogP contribution is -2.40. The van der Waals surface area contributed by atoms with Crippen molar-refractivity contribution in [3.05, 3.63) is 58.6 Å². The smallest absolute Gasteiger partial charge is 0.321 e. The van der Waals surface area contributed by atoms with Crippen molar-refractivity contribution in [2.75, 3.05) is 37.8 Å². The summed E-state index contributed by atoms with van der Waals surface area (Å²) in [6, 6.07) is 13.2. The lowest BCUT2D eigenvalue weighted by atomic mass is 10.3. The van der Waals surface area contributed by atoms with Crippen LogP contribution >= 0.6 is 23.2 Å². The lowest BCUT2D eigenvalue weighted by Gasteiger charge is -2.23. The third-order valence-electron chi connectivity index (χ3n) is 3.62. The molecule has 0 saturated carbocycles. The SMILES string of the molecule is CN(CCN(C)C(=O)Nc1cccc(Cl)c1)C(=O)Nc1cccc(Cl)c1. The van der Waals surface area contributed by atoms with Gasteiger partial charge in [-0.3, -0.25) is 0 Å². The molecule has 0 spiro atoms. The number of carbonyl (C=O) groups is 2. The number of hydrogen-bond donors (Lipinski definition) is 2. The molecule has 0 atom stereocenters. The predicted molar refractivity (Wildman–Crippen MR) is 106 cm³/mol. The minimum absolute atomic E-state index is 0.282. The fourth-order valence-electron chi connectivity index (χ4n) is 2.07. The summed E-state index contributed by atoms with van der Waals surface area (Å²) in [5.74, 6) is 0. The van der Waals surface area contributed by atoms with Gasteiger partial charge < -0.3 is 20.4 Å². The number of urea groups is 2. The van der Waals surface area contributed by atoms with Crippen molar-refractivity contribution in [3.8, 4) is 0 Å². The van der Waals surface area contributed by atoms with E-state index in [2.05, 4.69) is 10.6 Å². The first-order chi connectivity index (χ1) is 12.3. The van der Waals surface area contributed by atoms with Crippen molar-refractivity contribution < 1.29 is 9.59 Å². The van der Waals surface area contributed by atoms with Crippen LogP contribution in [-0.4, -0.2) is 49.0 Å². The molecule has 2 N–H and O–H groups in total. The van der Waals surface area contributed by atoms with Crippen LogP contribution in [0.5, 0.6) is 0 Å². The molecule has 0 bridgehead atoms. The van der Waals surface area contributed by atoms with E-state index in [0.29, 0.717) is 34.5 Å². The number of anilines is 2. The van der Waals surface area contributed by atoms with Gasteiger partial charge in [-0.2, -0.15) is 0 Å². The molecule has 0 heterocycles. The number of amides is 4. The Kier molecular flexibility index (Phi) is 7.12. The summed E-state index contributed by atoms with van der Waals surface area (Å²) in [5, 5.41) is 6.59. The zero-order valence-electron chi connectivity index (χ0n) is 14.5. The van der Waals surface area contributed by atoms with Gasteiger partial charge >= 0.3 is 12.1 Å². The zero-order valence-corrected chi connectivity index (χ0v) is 16.0. The van der Waals surface area contributed by atoms with Crippen LogP contribution in [0, 0.1) is 0 Å². The Morgan fingerprint density at radius 3 is 1.54 bits per heavy atom. The summed E-state index contributed by atoms with van der Waals surface area (Å²) in [6.45, 7) is 0.734. The van der Waals surface area contributed by atoms with E-state index >= 15 is 0 Å². The first-order valence-electron chi connectivity index (χ1n) is 7.90. The molecular weight excluding hydrogens is 375 g/mol. The van der Waals surface area contributed by atoms with E-state index in [1.807, 2.05) is 0 Å². The van der Waals surface area contributed by atoms with Crippen LogP contribution in [0.1, 0.15) is 0 Å². The normalized spacial score (nSPS) is 10.2. The van der Waals surface area contributed by atoms with E-state index in [-0.39, 0.29) is 12.1 Å². The molecule has 2 rings (SSSR count). The number of nitrogens with zero attached hydrogens (tertiary/aromatic N) is 2. The maximum atomic E-state index is 12.2. The molecule has 0 aromatic heterocycles. The van der Waals surface area contributed by atoms with Gasteiger partial charge in [0, 0.05) is 48.6 Å². The lowest BCUT2D eigenvalue weighted by molar-refractivity contribution is 0.205. The summed E-state index contributed by atoms with van der Waals surface area (Å²) in [7, 11) is 3.31. The topological polar surface area (TPSA) is 64.7 Å². The van der Waals surface area contributed by atoms with Gasteiger partial charge in [0.2, 0.25) is 0 Å². The average Bonchev–Trinajstić information content (AvgIpc) is 2.59. The number of likely N-dealkylation sites (N-methyl/N-ethyl adjacent to an activating group) is 2. The van der Waals surface area contributed by atoms with Gasteiger partial charge in [-0.1, -0.05) is 35.3 Å². The Labute approximate surface area is 162 Å². The van der Waals surface area contributed by atoms with E-state index in [1.165, 1.54) is 9.80 Å². The fraction of sp³-hybridized carbons (Fsp3) is 0.222. The highest BCUT2D eigenvalue weighted by Crippen LogP contribution is 2.16. The second-order valence-corrected chi connectivity index (χ2v) is 6.60. The van der Waals surface area contributed by atoms with Gasteiger partial charge in [-0.15, -0.1) is 0 Å². The number of hydrogen-bond acceptors (Lipinski definition) is 2. The highest BCUT2D eigenvalue weighted by molar-refractivity contribution is 6.31. The molecule has 0 aliphatic rings. The maximum Gasteiger partial charge on any atom is 0.321 e. The Morgan fingerprint density at radius 1 is 0.808 bits per heavy atom. The van der Waals surface area contributed by atoms with Crippen LogP contribution < -0.4 is 10.6 Å². The highest BCUT2D eigenvalue weighted by Gasteiger charge is 2.13. The third-order valence-corrected chi connectivity index (χ3v) is 4.09. The Morgan fingerprint density at radius 2 is 1.19 bits per heavy atom. The summed E-state index contributed by atoms with van der Waals surface area (Å²) in [5.41, 5.74) is 1.22. The molecule has 0 saturated heterocycles. The standard InChI is InChI=1S/C18H20Cl2N4O2/c1-23(17(25)21-15-7-3-5-13(19)11-15)9-10-24(2)18(26)22-16-8-4-6-14(20)12-16/h3-8,11-12H,9-10H2,1-2H3,(H,21,25)(H,22,26). The first kappa shape index (κ1) is 19.9. The molecule has 2 aromatic carbocycles. The second kappa shape index (κ2) is 9.31. The molecule has 0 fully saturated rings. The number of nitrogens with one attached hydrogen (secondary N) is 2. The Hall–Kier alpha value is -2.44. The van der Waals surface area contributed by atoms with E-state index < -0.39 is 0 Å². The van der Waals surface area contributed by atoms with Gasteiger partial charge in [0.15, 0.2) is 0 Å². The van der Waals surface area contributed by atoms with Gasteiger partial charge in [0.1, 0.15) is 0 Å². The summed E-state index contributed by atoms with van der Waals surface area (Å²) in [4.78, 5) is 27.3. The van der Waals surface area contributed by atoms with Crippen molar-refractivity contribution in [1.29, 1.82) is 0 Å². The molecule has 8 heteroatoms. The van der Waals surface area contributed by atoms with Crippen LogP contribution in [0.3, 0.4) is 0 Å². The fourth-order valence-corrected chi connectivity index (χ4v) is 2.45. The quantitative estimate of drug-likeness (QED) is 0.776. The van der Waals surface area contributed by atoms with Crippen LogP contribution in [0.15, 0.2) is 48.5 Å². The average molecular weight is 395 g/mol. The van der Waals surface area contributed by atoms with Crippen LogP contribution in [0.25, 0.3) is 0 Å². The van der Waals surface area contributed by atoms with Crippen molar-refractivity contribution >= 4 is 46.6 Å². The van der Waals surface area contributed by atoms with Gasteiger partial charge in [-0.05, 0) is 36.4 Å². The van der Waals surface area contributed by atoms with Crippen LogP contribution in [0.4, 0.5) is 21.0 Å². The molecule has 0 unspecified atom stereocenters. The second-order valence-electron chi connectivity index (χ2n) is 5.72. The molecule has 0 radical (unpaired) electrons. The minimum atomic E-state index is -0.282. The van der Waals surface area contributed by atoms with E-state index in [4.69, 9.17) is 23.2 Å². The number of benzene rings is 2. The molecule has 6 nitrogen and oxygen atoms in total. The number of rotatable bonds is 5. The largest absolute Gasteiger partial charge is 0.326 e. The van der Waals surface area contributed by atoms with Crippen molar-refractivity contribution in [2.45, 2.75) is 0 Å². The van der Waals surface area contributed by atoms with E-state index in [0.717, 1.165) is 0 Å². The number of halogens is 2. The molecule has 26 heavy (non-hydrogen) atoms. The van der Waals surface area contributed by atoms with Crippen molar-refractivity contribution in [1.82, 2.24) is 9.80 Å². The third kappa shape index (κ3) is 6.13. The van der Waals surface area contributed by atoms with E-state index in [9.17, 15) is 9.59 Å².